The molecule has 0 aliphatic heterocycles. The van der Waals surface area contributed by atoms with Crippen LogP contribution in [-0.4, -0.2) is 4.57 Å². The topological polar surface area (TPSA) is 18.1 Å². The molecule has 0 radical (unpaired) electrons. The van der Waals surface area contributed by atoms with Crippen LogP contribution in [0.5, 0.6) is 0 Å². The minimum Gasteiger partial charge on any atom is -0.455 e. The lowest BCUT2D eigenvalue weighted by Gasteiger charge is -2.15. The third kappa shape index (κ3) is 4.23. The summed E-state index contributed by atoms with van der Waals surface area (Å²) in [7, 11) is 0. The molecule has 2 nitrogen and oxygen atoms in total. The second-order valence-electron chi connectivity index (χ2n) is 13.6. The zero-order chi connectivity index (χ0) is 33.5. The Labute approximate surface area is 295 Å². The predicted octanol–water partition coefficient (Wildman–Crippen LogP) is 13.2. The summed E-state index contributed by atoms with van der Waals surface area (Å²) in [6.45, 7) is 0. The monoisotopic (exact) mass is 649 g/mol. The average molecular weight is 650 g/mol. The van der Waals surface area contributed by atoms with Gasteiger partial charge in [0.25, 0.3) is 0 Å². The van der Waals surface area contributed by atoms with Crippen LogP contribution < -0.4 is 0 Å². The van der Waals surface area contributed by atoms with Crippen LogP contribution in [-0.2, 0) is 0 Å². The fraction of sp³-hybridized carbons (Fsp3) is 0.0204. The molecule has 1 unspecified atom stereocenters. The smallest absolute Gasteiger partial charge is 0.143 e. The molecule has 2 heteroatoms. The van der Waals surface area contributed by atoms with Crippen molar-refractivity contribution >= 4 is 43.7 Å². The fourth-order valence-corrected chi connectivity index (χ4v) is 8.61. The number of nitrogens with zero attached hydrogens (tertiary/aromatic N) is 1. The molecular formula is C49H31NO. The van der Waals surface area contributed by atoms with Gasteiger partial charge in [-0.3, -0.25) is 0 Å². The van der Waals surface area contributed by atoms with Gasteiger partial charge in [0, 0.05) is 38.7 Å². The molecule has 1 aliphatic carbocycles. The molecule has 1 atom stereocenters. The van der Waals surface area contributed by atoms with E-state index in [9.17, 15) is 0 Å². The summed E-state index contributed by atoms with van der Waals surface area (Å²) in [5.74, 6) is 0.223. The highest BCUT2D eigenvalue weighted by Crippen LogP contribution is 2.49. The molecule has 0 bridgehead atoms. The molecule has 0 N–H and O–H groups in total. The summed E-state index contributed by atoms with van der Waals surface area (Å²) in [4.78, 5) is 0. The average Bonchev–Trinajstić information content (AvgIpc) is 3.85. The maximum absolute atomic E-state index is 6.44. The third-order valence-corrected chi connectivity index (χ3v) is 10.9. The highest BCUT2D eigenvalue weighted by atomic mass is 16.3. The molecule has 51 heavy (non-hydrogen) atoms. The summed E-state index contributed by atoms with van der Waals surface area (Å²) in [5, 5.41) is 4.78. The van der Waals surface area contributed by atoms with Crippen molar-refractivity contribution in [1.82, 2.24) is 4.57 Å². The molecule has 0 saturated heterocycles. The first-order valence-electron chi connectivity index (χ1n) is 17.6. The molecule has 0 spiro atoms. The maximum Gasteiger partial charge on any atom is 0.143 e. The summed E-state index contributed by atoms with van der Waals surface area (Å²) < 4.78 is 8.84. The predicted molar refractivity (Wildman–Crippen MR) is 212 cm³/mol. The van der Waals surface area contributed by atoms with Crippen LogP contribution in [0.1, 0.15) is 22.6 Å². The summed E-state index contributed by atoms with van der Waals surface area (Å²) in [5.41, 5.74) is 16.8. The molecule has 0 amide bonds. The van der Waals surface area contributed by atoms with Crippen LogP contribution in [0, 0.1) is 0 Å². The zero-order valence-corrected chi connectivity index (χ0v) is 27.8. The fourth-order valence-electron chi connectivity index (χ4n) is 8.61. The molecule has 2 heterocycles. The number of furan rings is 1. The Hall–Kier alpha value is -6.64. The van der Waals surface area contributed by atoms with E-state index in [-0.39, 0.29) is 5.92 Å². The van der Waals surface area contributed by atoms with Crippen molar-refractivity contribution in [2.24, 2.45) is 0 Å². The van der Waals surface area contributed by atoms with Gasteiger partial charge in [-0.2, -0.15) is 0 Å². The van der Waals surface area contributed by atoms with Crippen LogP contribution in [0.25, 0.3) is 82.8 Å². The molecule has 238 valence electrons. The standard InChI is InChI=1S/C49H31NO/c1-2-12-31(13-3-1)48-41-19-5-4-16-37(41)38-26-24-32(30-44(38)48)33-25-27-46-43(29-33)39-17-6-8-22-45(39)50(46)35-15-10-14-34(28-35)36-20-11-21-42-40-18-7-9-23-47(40)51-49(36)42/h1-30,48H. The van der Waals surface area contributed by atoms with Crippen LogP contribution in [0.15, 0.2) is 186 Å². The van der Waals surface area contributed by atoms with E-state index in [1.807, 2.05) is 12.1 Å². The Balaban J connectivity index is 1.05. The van der Waals surface area contributed by atoms with Gasteiger partial charge in [-0.15, -0.1) is 0 Å². The lowest BCUT2D eigenvalue weighted by Crippen LogP contribution is -1.99. The number of para-hydroxylation sites is 3. The summed E-state index contributed by atoms with van der Waals surface area (Å²) in [6.07, 6.45) is 0. The summed E-state index contributed by atoms with van der Waals surface area (Å²) in [6, 6.07) is 66.2. The molecule has 2 aromatic heterocycles. The summed E-state index contributed by atoms with van der Waals surface area (Å²) >= 11 is 0. The van der Waals surface area contributed by atoms with Crippen molar-refractivity contribution in [1.29, 1.82) is 0 Å². The SMILES string of the molecule is c1ccc(C2c3ccccc3-c3ccc(-c4ccc5c(c4)c4ccccc4n5-c4cccc(-c5cccc6c5oc5ccccc56)c4)cc32)cc1. The first-order valence-corrected chi connectivity index (χ1v) is 17.6. The Kier molecular flexibility index (Phi) is 6.05. The van der Waals surface area contributed by atoms with Gasteiger partial charge < -0.3 is 8.98 Å². The first-order chi connectivity index (χ1) is 25.3. The lowest BCUT2D eigenvalue weighted by molar-refractivity contribution is 0.670. The van der Waals surface area contributed by atoms with Crippen molar-refractivity contribution < 1.29 is 4.42 Å². The van der Waals surface area contributed by atoms with Crippen molar-refractivity contribution in [3.8, 4) is 39.1 Å². The number of aromatic nitrogens is 1. The van der Waals surface area contributed by atoms with Gasteiger partial charge in [0.2, 0.25) is 0 Å². The Morgan fingerprint density at radius 2 is 1.08 bits per heavy atom. The number of hydrogen-bond acceptors (Lipinski definition) is 1. The van der Waals surface area contributed by atoms with E-state index < -0.39 is 0 Å². The Morgan fingerprint density at radius 1 is 0.392 bits per heavy atom. The van der Waals surface area contributed by atoms with Crippen molar-refractivity contribution in [2.45, 2.75) is 5.92 Å². The number of benzene rings is 8. The van der Waals surface area contributed by atoms with Crippen molar-refractivity contribution in [3.63, 3.8) is 0 Å². The molecule has 0 fully saturated rings. The quantitative estimate of drug-likeness (QED) is 0.186. The zero-order valence-electron chi connectivity index (χ0n) is 27.8. The molecule has 1 aliphatic rings. The second kappa shape index (κ2) is 10.9. The molecule has 8 aromatic carbocycles. The van der Waals surface area contributed by atoms with Gasteiger partial charge in [0.15, 0.2) is 0 Å². The van der Waals surface area contributed by atoms with Crippen molar-refractivity contribution in [3.05, 3.63) is 199 Å². The molecule has 11 rings (SSSR count). The highest BCUT2D eigenvalue weighted by molar-refractivity contribution is 6.11. The van der Waals surface area contributed by atoms with Crippen LogP contribution in [0.3, 0.4) is 0 Å². The molecule has 10 aromatic rings. The van der Waals surface area contributed by atoms with Gasteiger partial charge in [-0.25, -0.2) is 0 Å². The largest absolute Gasteiger partial charge is 0.455 e. The van der Waals surface area contributed by atoms with Crippen LogP contribution >= 0.6 is 0 Å². The van der Waals surface area contributed by atoms with Crippen LogP contribution in [0.4, 0.5) is 0 Å². The van der Waals surface area contributed by atoms with E-state index in [4.69, 9.17) is 4.42 Å². The second-order valence-corrected chi connectivity index (χ2v) is 13.6. The van der Waals surface area contributed by atoms with E-state index in [1.54, 1.807) is 0 Å². The van der Waals surface area contributed by atoms with E-state index >= 15 is 0 Å². The minimum atomic E-state index is 0.223. The third-order valence-electron chi connectivity index (χ3n) is 10.9. The first kappa shape index (κ1) is 28.2. The van der Waals surface area contributed by atoms with Gasteiger partial charge in [0.1, 0.15) is 11.2 Å². The van der Waals surface area contributed by atoms with E-state index in [0.29, 0.717) is 0 Å². The van der Waals surface area contributed by atoms with Crippen LogP contribution in [0.2, 0.25) is 0 Å². The highest BCUT2D eigenvalue weighted by Gasteiger charge is 2.30. The number of fused-ring (bicyclic) bond motifs is 9. The Morgan fingerprint density at radius 3 is 2.02 bits per heavy atom. The van der Waals surface area contributed by atoms with E-state index in [1.165, 1.54) is 60.8 Å². The van der Waals surface area contributed by atoms with Crippen molar-refractivity contribution in [2.75, 3.05) is 0 Å². The Bertz CT molecular complexity index is 2980. The van der Waals surface area contributed by atoms with Gasteiger partial charge in [-0.1, -0.05) is 140 Å². The number of rotatable bonds is 4. The molecule has 0 saturated carbocycles. The minimum absolute atomic E-state index is 0.223. The van der Waals surface area contributed by atoms with Gasteiger partial charge in [0.05, 0.1) is 11.0 Å². The normalized spacial score (nSPS) is 13.7. The lowest BCUT2D eigenvalue weighted by atomic mass is 9.88. The van der Waals surface area contributed by atoms with E-state index in [2.05, 4.69) is 174 Å². The number of hydrogen-bond donors (Lipinski definition) is 0. The maximum atomic E-state index is 6.44. The van der Waals surface area contributed by atoms with Gasteiger partial charge >= 0.3 is 0 Å². The molecular weight excluding hydrogens is 619 g/mol. The van der Waals surface area contributed by atoms with Gasteiger partial charge in [-0.05, 0) is 87.0 Å². The van der Waals surface area contributed by atoms with E-state index in [0.717, 1.165) is 38.8 Å².